The summed E-state index contributed by atoms with van der Waals surface area (Å²) in [6.07, 6.45) is 5.75. The zero-order valence-corrected chi connectivity index (χ0v) is 12.0. The van der Waals surface area contributed by atoms with Crippen LogP contribution in [0.5, 0.6) is 0 Å². The van der Waals surface area contributed by atoms with Crippen molar-refractivity contribution in [3.8, 4) is 0 Å². The van der Waals surface area contributed by atoms with E-state index in [0.717, 1.165) is 17.8 Å². The van der Waals surface area contributed by atoms with Gasteiger partial charge in [-0.3, -0.25) is 0 Å². The molecule has 3 unspecified atom stereocenters. The summed E-state index contributed by atoms with van der Waals surface area (Å²) in [6, 6.07) is 9.02. The van der Waals surface area contributed by atoms with Crippen LogP contribution in [0.2, 0.25) is 0 Å². The summed E-state index contributed by atoms with van der Waals surface area (Å²) in [7, 11) is 2.09. The molecule has 1 fully saturated rings. The van der Waals surface area contributed by atoms with Gasteiger partial charge in [-0.25, -0.2) is 0 Å². The fourth-order valence-corrected chi connectivity index (χ4v) is 5.02. The Kier molecular flexibility index (Phi) is 3.95. The molecule has 1 aromatic carbocycles. The first-order valence-electron chi connectivity index (χ1n) is 7.25. The molecule has 98 valence electrons. The number of nitrogens with one attached hydrogen (secondary N) is 1. The number of thioether (sulfide) groups is 1. The topological polar surface area (TPSA) is 12.0 Å². The van der Waals surface area contributed by atoms with Gasteiger partial charge in [0, 0.05) is 10.6 Å². The van der Waals surface area contributed by atoms with Crippen LogP contribution in [0.25, 0.3) is 0 Å². The lowest BCUT2D eigenvalue weighted by Crippen LogP contribution is -2.23. The molecule has 1 aliphatic heterocycles. The zero-order chi connectivity index (χ0) is 12.4. The Morgan fingerprint density at radius 1 is 1.22 bits per heavy atom. The quantitative estimate of drug-likeness (QED) is 0.882. The molecular weight excluding hydrogens is 238 g/mol. The van der Waals surface area contributed by atoms with Gasteiger partial charge in [0.05, 0.1) is 0 Å². The van der Waals surface area contributed by atoms with E-state index in [0.29, 0.717) is 0 Å². The van der Waals surface area contributed by atoms with Gasteiger partial charge in [0.25, 0.3) is 0 Å². The highest BCUT2D eigenvalue weighted by Crippen LogP contribution is 2.46. The van der Waals surface area contributed by atoms with E-state index in [4.69, 9.17) is 0 Å². The maximum Gasteiger partial charge on any atom is 0.0107 e. The van der Waals surface area contributed by atoms with Crippen molar-refractivity contribution in [3.63, 3.8) is 0 Å². The van der Waals surface area contributed by atoms with Crippen molar-refractivity contribution in [2.75, 3.05) is 19.3 Å². The summed E-state index contributed by atoms with van der Waals surface area (Å²) >= 11 is 2.06. The molecule has 0 spiro atoms. The fourth-order valence-electron chi connectivity index (χ4n) is 3.74. The first-order chi connectivity index (χ1) is 8.88. The molecule has 1 N–H and O–H groups in total. The molecule has 0 bridgehead atoms. The van der Waals surface area contributed by atoms with Crippen molar-refractivity contribution < 1.29 is 0 Å². The molecule has 0 saturated heterocycles. The smallest absolute Gasteiger partial charge is 0.0107 e. The predicted molar refractivity (Wildman–Crippen MR) is 79.3 cm³/mol. The summed E-state index contributed by atoms with van der Waals surface area (Å²) in [5.41, 5.74) is 1.62. The van der Waals surface area contributed by atoms with Crippen LogP contribution < -0.4 is 5.32 Å². The molecule has 1 saturated carbocycles. The Morgan fingerprint density at radius 2 is 2.06 bits per heavy atom. The van der Waals surface area contributed by atoms with Gasteiger partial charge in [0.15, 0.2) is 0 Å². The third-order valence-electron chi connectivity index (χ3n) is 4.67. The Labute approximate surface area is 115 Å². The van der Waals surface area contributed by atoms with Crippen molar-refractivity contribution in [2.24, 2.45) is 11.8 Å². The van der Waals surface area contributed by atoms with Crippen molar-refractivity contribution in [2.45, 2.75) is 36.5 Å². The van der Waals surface area contributed by atoms with E-state index in [9.17, 15) is 0 Å². The van der Waals surface area contributed by atoms with E-state index in [1.807, 2.05) is 0 Å². The summed E-state index contributed by atoms with van der Waals surface area (Å²) in [5, 5.41) is 3.38. The summed E-state index contributed by atoms with van der Waals surface area (Å²) in [5.74, 6) is 4.00. The molecule has 0 amide bonds. The maximum atomic E-state index is 3.38. The highest BCUT2D eigenvalue weighted by Gasteiger charge is 2.32. The average Bonchev–Trinajstić information content (AvgIpc) is 2.99. The lowest BCUT2D eigenvalue weighted by molar-refractivity contribution is 0.339. The minimum absolute atomic E-state index is 0.814. The Hall–Kier alpha value is -0.470. The highest BCUT2D eigenvalue weighted by molar-refractivity contribution is 7.99. The second-order valence-electron chi connectivity index (χ2n) is 5.79. The minimum Gasteiger partial charge on any atom is -0.319 e. The predicted octanol–water partition coefficient (Wildman–Crippen LogP) is 3.90. The average molecular weight is 261 g/mol. The Bertz CT molecular complexity index is 404. The molecule has 1 nitrogen and oxygen atoms in total. The van der Waals surface area contributed by atoms with E-state index in [1.165, 1.54) is 42.9 Å². The van der Waals surface area contributed by atoms with Crippen molar-refractivity contribution in [1.29, 1.82) is 0 Å². The number of hydrogen-bond acceptors (Lipinski definition) is 2. The van der Waals surface area contributed by atoms with Gasteiger partial charge < -0.3 is 5.32 Å². The molecule has 1 aromatic rings. The summed E-state index contributed by atoms with van der Waals surface area (Å²) in [4.78, 5) is 1.53. The highest BCUT2D eigenvalue weighted by atomic mass is 32.2. The van der Waals surface area contributed by atoms with Gasteiger partial charge in [0.1, 0.15) is 0 Å². The molecule has 0 radical (unpaired) electrons. The van der Waals surface area contributed by atoms with E-state index in [-0.39, 0.29) is 0 Å². The molecule has 1 aliphatic carbocycles. The Morgan fingerprint density at radius 3 is 2.94 bits per heavy atom. The molecule has 1 heterocycles. The Balaban J connectivity index is 1.67. The number of hydrogen-bond donors (Lipinski definition) is 1. The monoisotopic (exact) mass is 261 g/mol. The third-order valence-corrected chi connectivity index (χ3v) is 5.92. The lowest BCUT2D eigenvalue weighted by atomic mass is 9.84. The van der Waals surface area contributed by atoms with Gasteiger partial charge in [-0.05, 0) is 55.8 Å². The van der Waals surface area contributed by atoms with Crippen molar-refractivity contribution in [3.05, 3.63) is 29.8 Å². The van der Waals surface area contributed by atoms with Gasteiger partial charge >= 0.3 is 0 Å². The van der Waals surface area contributed by atoms with E-state index in [2.05, 4.69) is 48.4 Å². The molecule has 0 aromatic heterocycles. The fraction of sp³-hybridized carbons (Fsp3) is 0.625. The van der Waals surface area contributed by atoms with E-state index in [1.54, 1.807) is 5.56 Å². The van der Waals surface area contributed by atoms with Gasteiger partial charge in [-0.15, -0.1) is 11.8 Å². The third kappa shape index (κ3) is 2.46. The van der Waals surface area contributed by atoms with E-state index >= 15 is 0 Å². The lowest BCUT2D eigenvalue weighted by Gasteiger charge is -2.22. The van der Waals surface area contributed by atoms with Crippen LogP contribution in [0.15, 0.2) is 29.2 Å². The second kappa shape index (κ2) is 5.66. The molecule has 2 heteroatoms. The van der Waals surface area contributed by atoms with Crippen molar-refractivity contribution in [1.82, 2.24) is 5.32 Å². The van der Waals surface area contributed by atoms with Crippen LogP contribution >= 0.6 is 11.8 Å². The maximum absolute atomic E-state index is 3.38. The minimum atomic E-state index is 0.814. The molecule has 3 rings (SSSR count). The summed E-state index contributed by atoms with van der Waals surface area (Å²) in [6.45, 7) is 1.21. The molecule has 3 atom stereocenters. The zero-order valence-electron chi connectivity index (χ0n) is 11.2. The van der Waals surface area contributed by atoms with Crippen LogP contribution in [-0.4, -0.2) is 19.3 Å². The second-order valence-corrected chi connectivity index (χ2v) is 6.85. The van der Waals surface area contributed by atoms with Crippen LogP contribution in [0.1, 0.15) is 37.2 Å². The first kappa shape index (κ1) is 12.6. The van der Waals surface area contributed by atoms with Crippen LogP contribution in [0, 0.1) is 11.8 Å². The summed E-state index contributed by atoms with van der Waals surface area (Å²) < 4.78 is 0. The number of fused-ring (bicyclic) bond motifs is 1. The van der Waals surface area contributed by atoms with E-state index < -0.39 is 0 Å². The molecular formula is C16H23NS. The SMILES string of the molecule is CNCC1CCCC1CC1CSc2ccccc21. The van der Waals surface area contributed by atoms with Crippen LogP contribution in [0.3, 0.4) is 0 Å². The number of rotatable bonds is 4. The normalized spacial score (nSPS) is 30.6. The molecule has 2 aliphatic rings. The van der Waals surface area contributed by atoms with Gasteiger partial charge in [0.2, 0.25) is 0 Å². The van der Waals surface area contributed by atoms with Gasteiger partial charge in [-0.2, -0.15) is 0 Å². The molecule has 18 heavy (non-hydrogen) atoms. The van der Waals surface area contributed by atoms with Crippen LogP contribution in [-0.2, 0) is 0 Å². The van der Waals surface area contributed by atoms with Crippen molar-refractivity contribution >= 4 is 11.8 Å². The number of benzene rings is 1. The largest absolute Gasteiger partial charge is 0.319 e. The van der Waals surface area contributed by atoms with Gasteiger partial charge in [-0.1, -0.05) is 31.0 Å². The standard InChI is InChI=1S/C16H23NS/c1-17-10-13-6-4-5-12(13)9-14-11-18-16-8-3-2-7-15(14)16/h2-3,7-8,12-14,17H,4-6,9-11H2,1H3. The van der Waals surface area contributed by atoms with Crippen LogP contribution in [0.4, 0.5) is 0 Å². The first-order valence-corrected chi connectivity index (χ1v) is 8.23.